The van der Waals surface area contributed by atoms with Crippen molar-refractivity contribution in [1.29, 1.82) is 0 Å². The van der Waals surface area contributed by atoms with Gasteiger partial charge in [-0.3, -0.25) is 14.5 Å². The third-order valence-corrected chi connectivity index (χ3v) is 3.51. The summed E-state index contributed by atoms with van der Waals surface area (Å²) in [6.45, 7) is 1.62. The molecule has 0 radical (unpaired) electrons. The zero-order valence-electron chi connectivity index (χ0n) is 11.0. The quantitative estimate of drug-likeness (QED) is 0.481. The minimum Gasteiger partial charge on any atom is -0.466 e. The fourth-order valence-electron chi connectivity index (χ4n) is 1.90. The Morgan fingerprint density at radius 3 is 2.60 bits per heavy atom. The van der Waals surface area contributed by atoms with E-state index >= 15 is 0 Å². The highest BCUT2D eigenvalue weighted by atomic mass is 79.9. The van der Waals surface area contributed by atoms with Gasteiger partial charge in [0.2, 0.25) is 0 Å². The molecule has 0 atom stereocenters. The molecule has 5 nitrogen and oxygen atoms in total. The normalized spacial score (nSPS) is 14.6. The number of amides is 2. The summed E-state index contributed by atoms with van der Waals surface area (Å²) in [7, 11) is 1.28. The topological polar surface area (TPSA) is 63.7 Å². The van der Waals surface area contributed by atoms with E-state index < -0.39 is 5.97 Å². The van der Waals surface area contributed by atoms with Gasteiger partial charge in [-0.1, -0.05) is 22.0 Å². The van der Waals surface area contributed by atoms with Gasteiger partial charge in [0.05, 0.1) is 18.2 Å². The zero-order valence-corrected chi connectivity index (χ0v) is 12.6. The minimum absolute atomic E-state index is 0.0465. The maximum absolute atomic E-state index is 12.2. The van der Waals surface area contributed by atoms with Crippen LogP contribution in [0.1, 0.15) is 27.6 Å². The number of benzene rings is 1. The van der Waals surface area contributed by atoms with Gasteiger partial charge < -0.3 is 4.74 Å². The zero-order chi connectivity index (χ0) is 14.9. The van der Waals surface area contributed by atoms with Crippen molar-refractivity contribution in [2.75, 3.05) is 13.7 Å². The van der Waals surface area contributed by atoms with E-state index in [2.05, 4.69) is 20.7 Å². The van der Waals surface area contributed by atoms with Gasteiger partial charge in [0, 0.05) is 16.6 Å². The first kappa shape index (κ1) is 14.5. The van der Waals surface area contributed by atoms with Gasteiger partial charge in [-0.25, -0.2) is 4.79 Å². The first-order chi connectivity index (χ1) is 9.45. The van der Waals surface area contributed by atoms with Gasteiger partial charge >= 0.3 is 5.97 Å². The van der Waals surface area contributed by atoms with E-state index in [0.717, 1.165) is 9.37 Å². The molecule has 0 fully saturated rings. The predicted octanol–water partition coefficient (Wildman–Crippen LogP) is 2.16. The summed E-state index contributed by atoms with van der Waals surface area (Å²) >= 11 is 3.27. The molecule has 104 valence electrons. The van der Waals surface area contributed by atoms with Crippen molar-refractivity contribution in [2.45, 2.75) is 6.92 Å². The Hall–Kier alpha value is -1.95. The fraction of sp³-hybridized carbons (Fsp3) is 0.214. The summed E-state index contributed by atoms with van der Waals surface area (Å²) in [5.41, 5.74) is 1.10. The van der Waals surface area contributed by atoms with Crippen LogP contribution in [0.5, 0.6) is 0 Å². The Morgan fingerprint density at radius 2 is 1.95 bits per heavy atom. The average Bonchev–Trinajstić information content (AvgIpc) is 2.67. The molecule has 0 bridgehead atoms. The lowest BCUT2D eigenvalue weighted by molar-refractivity contribution is -0.136. The molecule has 0 saturated heterocycles. The Morgan fingerprint density at radius 1 is 1.30 bits per heavy atom. The molecule has 2 rings (SSSR count). The second-order valence-corrected chi connectivity index (χ2v) is 5.21. The van der Waals surface area contributed by atoms with Crippen molar-refractivity contribution in [3.8, 4) is 0 Å². The van der Waals surface area contributed by atoms with Gasteiger partial charge in [-0.2, -0.15) is 0 Å². The number of esters is 1. The molecule has 1 aliphatic rings. The molecule has 0 saturated carbocycles. The van der Waals surface area contributed by atoms with E-state index in [-0.39, 0.29) is 18.4 Å². The Labute approximate surface area is 124 Å². The molecule has 1 aliphatic heterocycles. The summed E-state index contributed by atoms with van der Waals surface area (Å²) in [5, 5.41) is 0. The van der Waals surface area contributed by atoms with Crippen LogP contribution in [0.3, 0.4) is 0 Å². The van der Waals surface area contributed by atoms with Gasteiger partial charge in [-0.15, -0.1) is 0 Å². The van der Waals surface area contributed by atoms with Crippen LogP contribution < -0.4 is 0 Å². The second-order valence-electron chi connectivity index (χ2n) is 4.29. The van der Waals surface area contributed by atoms with Crippen molar-refractivity contribution < 1.29 is 19.1 Å². The van der Waals surface area contributed by atoms with Crippen molar-refractivity contribution in [3.05, 3.63) is 45.4 Å². The van der Waals surface area contributed by atoms with E-state index in [0.29, 0.717) is 16.7 Å². The number of fused-ring (bicyclic) bond motifs is 1. The maximum Gasteiger partial charge on any atom is 0.333 e. The number of nitrogens with zero attached hydrogens (tertiary/aromatic N) is 1. The lowest BCUT2D eigenvalue weighted by atomic mass is 10.1. The lowest BCUT2D eigenvalue weighted by Crippen LogP contribution is -2.30. The Kier molecular flexibility index (Phi) is 4.04. The molecule has 1 aromatic rings. The highest BCUT2D eigenvalue weighted by molar-refractivity contribution is 9.10. The van der Waals surface area contributed by atoms with Crippen molar-refractivity contribution >= 4 is 33.7 Å². The largest absolute Gasteiger partial charge is 0.466 e. The molecule has 0 aromatic heterocycles. The molecule has 0 aliphatic carbocycles. The van der Waals surface area contributed by atoms with E-state index in [1.54, 1.807) is 25.1 Å². The molecular weight excluding hydrogens is 326 g/mol. The van der Waals surface area contributed by atoms with Crippen LogP contribution in [0.2, 0.25) is 0 Å². The fourth-order valence-corrected chi connectivity index (χ4v) is 2.26. The molecule has 0 unspecified atom stereocenters. The van der Waals surface area contributed by atoms with Gasteiger partial charge in [-0.05, 0) is 25.1 Å². The minimum atomic E-state index is -0.482. The molecule has 0 N–H and O–H groups in total. The smallest absolute Gasteiger partial charge is 0.333 e. The molecular formula is C14H12BrNO4. The number of rotatable bonds is 3. The van der Waals surface area contributed by atoms with E-state index in [1.165, 1.54) is 13.2 Å². The summed E-state index contributed by atoms with van der Waals surface area (Å²) in [6.07, 6.45) is 1.50. The molecule has 0 spiro atoms. The number of methoxy groups -OCH3 is 1. The van der Waals surface area contributed by atoms with Crippen LogP contribution >= 0.6 is 15.9 Å². The monoisotopic (exact) mass is 337 g/mol. The number of imide groups is 1. The standard InChI is InChI=1S/C14H12BrNO4/c1-8(14(19)20-2)5-6-16-12(17)10-4-3-9(15)7-11(10)13(16)18/h3-5,7H,6H2,1-2H3/b8-5+. The molecule has 20 heavy (non-hydrogen) atoms. The lowest BCUT2D eigenvalue weighted by Gasteiger charge is -2.11. The van der Waals surface area contributed by atoms with E-state index in [9.17, 15) is 14.4 Å². The summed E-state index contributed by atoms with van der Waals surface area (Å²) < 4.78 is 5.29. The average molecular weight is 338 g/mol. The molecule has 1 heterocycles. The first-order valence-electron chi connectivity index (χ1n) is 5.86. The maximum atomic E-state index is 12.2. The molecule has 2 amide bonds. The van der Waals surface area contributed by atoms with Gasteiger partial charge in [0.1, 0.15) is 0 Å². The summed E-state index contributed by atoms with van der Waals surface area (Å²) in [6, 6.07) is 4.94. The summed E-state index contributed by atoms with van der Waals surface area (Å²) in [5.74, 6) is -1.20. The third kappa shape index (κ3) is 2.51. The van der Waals surface area contributed by atoms with E-state index in [1.807, 2.05) is 0 Å². The highest BCUT2D eigenvalue weighted by Crippen LogP contribution is 2.25. The molecule has 1 aromatic carbocycles. The summed E-state index contributed by atoms with van der Waals surface area (Å²) in [4.78, 5) is 36.6. The molecule has 6 heteroatoms. The van der Waals surface area contributed by atoms with Crippen LogP contribution in [-0.4, -0.2) is 36.3 Å². The van der Waals surface area contributed by atoms with Crippen molar-refractivity contribution in [2.24, 2.45) is 0 Å². The van der Waals surface area contributed by atoms with Crippen molar-refractivity contribution in [3.63, 3.8) is 0 Å². The second kappa shape index (κ2) is 5.58. The van der Waals surface area contributed by atoms with Crippen LogP contribution in [0.15, 0.2) is 34.3 Å². The third-order valence-electron chi connectivity index (χ3n) is 3.02. The number of carbonyl (C=O) groups is 3. The number of halogens is 1. The van der Waals surface area contributed by atoms with Crippen molar-refractivity contribution in [1.82, 2.24) is 4.90 Å². The Balaban J connectivity index is 2.23. The van der Waals surface area contributed by atoms with Gasteiger partial charge in [0.25, 0.3) is 11.8 Å². The number of carbonyl (C=O) groups excluding carboxylic acids is 3. The first-order valence-corrected chi connectivity index (χ1v) is 6.66. The van der Waals surface area contributed by atoms with E-state index in [4.69, 9.17) is 0 Å². The number of hydrogen-bond acceptors (Lipinski definition) is 4. The predicted molar refractivity (Wildman–Crippen MR) is 75.3 cm³/mol. The van der Waals surface area contributed by atoms with Crippen LogP contribution in [0.4, 0.5) is 0 Å². The van der Waals surface area contributed by atoms with Gasteiger partial charge in [0.15, 0.2) is 0 Å². The van der Waals surface area contributed by atoms with Crippen LogP contribution in [0, 0.1) is 0 Å². The Bertz CT molecular complexity index is 636. The highest BCUT2D eigenvalue weighted by Gasteiger charge is 2.34. The number of hydrogen-bond donors (Lipinski definition) is 0. The van der Waals surface area contributed by atoms with Crippen LogP contribution in [-0.2, 0) is 9.53 Å². The number of ether oxygens (including phenoxy) is 1. The van der Waals surface area contributed by atoms with Crippen LogP contribution in [0.25, 0.3) is 0 Å². The SMILES string of the molecule is COC(=O)/C(C)=C/CN1C(=O)c2ccc(Br)cc2C1=O.